The first-order valence-corrected chi connectivity index (χ1v) is 8.64. The summed E-state index contributed by atoms with van der Waals surface area (Å²) in [4.78, 5) is 13.8. The monoisotopic (exact) mass is 295 g/mol. The molecule has 3 fully saturated rings. The summed E-state index contributed by atoms with van der Waals surface area (Å²) < 4.78 is 5.36. The second-order valence-electron chi connectivity index (χ2n) is 8.09. The van der Waals surface area contributed by atoms with Crippen LogP contribution in [-0.2, 0) is 9.53 Å². The Morgan fingerprint density at radius 3 is 2.57 bits per heavy atom. The zero-order valence-electron chi connectivity index (χ0n) is 13.8. The van der Waals surface area contributed by atoms with Gasteiger partial charge in [0.25, 0.3) is 0 Å². The van der Waals surface area contributed by atoms with Crippen LogP contribution in [0.3, 0.4) is 0 Å². The zero-order valence-corrected chi connectivity index (χ0v) is 13.8. The van der Waals surface area contributed by atoms with Crippen molar-refractivity contribution in [1.29, 1.82) is 0 Å². The Morgan fingerprint density at radius 2 is 2.00 bits per heavy atom. The van der Waals surface area contributed by atoms with Crippen molar-refractivity contribution < 1.29 is 14.4 Å². The molecule has 3 rings (SSSR count). The zero-order chi connectivity index (χ0) is 15.1. The quantitative estimate of drug-likeness (QED) is 0.798. The lowest BCUT2D eigenvalue weighted by atomic mass is 9.69. The van der Waals surface area contributed by atoms with Crippen molar-refractivity contribution in [3.05, 3.63) is 0 Å². The summed E-state index contributed by atoms with van der Waals surface area (Å²) in [6.07, 6.45) is 4.45. The van der Waals surface area contributed by atoms with Gasteiger partial charge in [-0.2, -0.15) is 0 Å². The molecule has 0 aromatic heterocycles. The van der Waals surface area contributed by atoms with Crippen molar-refractivity contribution in [3.8, 4) is 0 Å². The lowest BCUT2D eigenvalue weighted by Crippen LogP contribution is -3.14. The van der Waals surface area contributed by atoms with Crippen LogP contribution in [0.4, 0.5) is 0 Å². The number of ether oxygens (including phenoxy) is 1. The Bertz CT molecular complexity index is 404. The molecule has 0 aromatic rings. The maximum absolute atomic E-state index is 12.3. The van der Waals surface area contributed by atoms with Crippen LogP contribution in [0.2, 0.25) is 0 Å². The second-order valence-corrected chi connectivity index (χ2v) is 8.09. The summed E-state index contributed by atoms with van der Waals surface area (Å²) in [7, 11) is 0. The molecule has 2 saturated carbocycles. The molecule has 0 spiro atoms. The predicted octanol–water partition coefficient (Wildman–Crippen LogP) is 0.623. The molecule has 2 bridgehead atoms. The van der Waals surface area contributed by atoms with Gasteiger partial charge in [-0.3, -0.25) is 4.79 Å². The van der Waals surface area contributed by atoms with E-state index in [1.165, 1.54) is 24.2 Å². The standard InChI is InChI=1S/C17H30N2O2/c1-16(2)13-4-6-17(16,3)14(12-13)18-15(20)5-7-19-8-10-21-11-9-19/h13-14H,4-12H2,1-3H3,(H,18,20)/p+1/t13-,14+,17+/m1/s1. The third-order valence-electron chi connectivity index (χ3n) is 7.03. The highest BCUT2D eigenvalue weighted by molar-refractivity contribution is 5.76. The van der Waals surface area contributed by atoms with Crippen LogP contribution >= 0.6 is 0 Å². The largest absolute Gasteiger partial charge is 0.370 e. The van der Waals surface area contributed by atoms with E-state index in [-0.39, 0.29) is 5.91 Å². The van der Waals surface area contributed by atoms with Crippen molar-refractivity contribution in [1.82, 2.24) is 5.32 Å². The average Bonchev–Trinajstić information content (AvgIpc) is 2.79. The van der Waals surface area contributed by atoms with E-state index in [4.69, 9.17) is 4.74 Å². The maximum atomic E-state index is 12.3. The highest BCUT2D eigenvalue weighted by Crippen LogP contribution is 2.65. The molecule has 120 valence electrons. The van der Waals surface area contributed by atoms with Gasteiger partial charge in [0.1, 0.15) is 13.1 Å². The molecular formula is C17H31N2O2+. The number of carbonyl (C=O) groups excluding carboxylic acids is 1. The first-order valence-electron chi connectivity index (χ1n) is 8.64. The number of morpholine rings is 1. The van der Waals surface area contributed by atoms with E-state index in [0.717, 1.165) is 38.8 Å². The van der Waals surface area contributed by atoms with Gasteiger partial charge in [0.15, 0.2) is 0 Å². The highest BCUT2D eigenvalue weighted by atomic mass is 16.5. The normalized spacial score (nSPS) is 38.6. The van der Waals surface area contributed by atoms with Crippen molar-refractivity contribution in [3.63, 3.8) is 0 Å². The summed E-state index contributed by atoms with van der Waals surface area (Å²) in [6.45, 7) is 11.9. The Morgan fingerprint density at radius 1 is 1.29 bits per heavy atom. The fraction of sp³-hybridized carbons (Fsp3) is 0.941. The van der Waals surface area contributed by atoms with E-state index in [1.54, 1.807) is 0 Å². The van der Waals surface area contributed by atoms with Crippen molar-refractivity contribution in [2.24, 2.45) is 16.7 Å². The molecule has 21 heavy (non-hydrogen) atoms. The van der Waals surface area contributed by atoms with Crippen LogP contribution in [0.1, 0.15) is 46.5 Å². The average molecular weight is 295 g/mol. The molecule has 1 aliphatic heterocycles. The molecule has 0 radical (unpaired) electrons. The molecule has 1 amide bonds. The van der Waals surface area contributed by atoms with Gasteiger partial charge in [-0.25, -0.2) is 0 Å². The lowest BCUT2D eigenvalue weighted by Gasteiger charge is -2.39. The third kappa shape index (κ3) is 2.61. The number of fused-ring (bicyclic) bond motifs is 2. The lowest BCUT2D eigenvalue weighted by molar-refractivity contribution is -0.907. The Kier molecular flexibility index (Phi) is 4.04. The summed E-state index contributed by atoms with van der Waals surface area (Å²) in [6, 6.07) is 0.387. The van der Waals surface area contributed by atoms with Gasteiger partial charge in [-0.05, 0) is 36.0 Å². The fourth-order valence-corrected chi connectivity index (χ4v) is 4.89. The van der Waals surface area contributed by atoms with Crippen LogP contribution in [0.15, 0.2) is 0 Å². The molecule has 0 unspecified atom stereocenters. The van der Waals surface area contributed by atoms with Gasteiger partial charge >= 0.3 is 0 Å². The van der Waals surface area contributed by atoms with Crippen molar-refractivity contribution in [2.75, 3.05) is 32.8 Å². The summed E-state index contributed by atoms with van der Waals surface area (Å²) in [5, 5.41) is 3.36. The van der Waals surface area contributed by atoms with Crippen LogP contribution in [0.5, 0.6) is 0 Å². The van der Waals surface area contributed by atoms with Gasteiger partial charge in [0.2, 0.25) is 5.91 Å². The Labute approximate surface area is 128 Å². The molecule has 0 aromatic carbocycles. The van der Waals surface area contributed by atoms with E-state index >= 15 is 0 Å². The van der Waals surface area contributed by atoms with Crippen LogP contribution in [0, 0.1) is 16.7 Å². The first-order chi connectivity index (χ1) is 9.93. The molecule has 2 N–H and O–H groups in total. The number of nitrogens with one attached hydrogen (secondary N) is 2. The molecule has 1 heterocycles. The Hall–Kier alpha value is -0.610. The minimum absolute atomic E-state index is 0.253. The van der Waals surface area contributed by atoms with E-state index in [2.05, 4.69) is 26.1 Å². The molecule has 4 nitrogen and oxygen atoms in total. The van der Waals surface area contributed by atoms with E-state index in [9.17, 15) is 4.79 Å². The number of rotatable bonds is 4. The predicted molar refractivity (Wildman–Crippen MR) is 82.2 cm³/mol. The van der Waals surface area contributed by atoms with E-state index in [1.807, 2.05) is 0 Å². The second kappa shape index (κ2) is 5.54. The Balaban J connectivity index is 1.49. The van der Waals surface area contributed by atoms with Gasteiger partial charge in [0.05, 0.1) is 26.2 Å². The summed E-state index contributed by atoms with van der Waals surface area (Å²) in [5.74, 6) is 1.04. The minimum atomic E-state index is 0.253. The first kappa shape index (κ1) is 15.3. The molecule has 2 aliphatic carbocycles. The van der Waals surface area contributed by atoms with Gasteiger partial charge in [-0.1, -0.05) is 20.8 Å². The van der Waals surface area contributed by atoms with Crippen LogP contribution in [0.25, 0.3) is 0 Å². The summed E-state index contributed by atoms with van der Waals surface area (Å²) in [5.41, 5.74) is 0.666. The van der Waals surface area contributed by atoms with Gasteiger partial charge in [-0.15, -0.1) is 0 Å². The number of quaternary nitrogens is 1. The van der Waals surface area contributed by atoms with E-state index < -0.39 is 0 Å². The third-order valence-corrected chi connectivity index (χ3v) is 7.03. The maximum Gasteiger partial charge on any atom is 0.225 e. The minimum Gasteiger partial charge on any atom is -0.370 e. The van der Waals surface area contributed by atoms with Crippen molar-refractivity contribution >= 4 is 5.91 Å². The van der Waals surface area contributed by atoms with Crippen LogP contribution < -0.4 is 10.2 Å². The number of hydrogen-bond acceptors (Lipinski definition) is 2. The number of amides is 1. The number of carbonyl (C=O) groups is 1. The fourth-order valence-electron chi connectivity index (χ4n) is 4.89. The smallest absolute Gasteiger partial charge is 0.225 e. The van der Waals surface area contributed by atoms with Crippen molar-refractivity contribution in [2.45, 2.75) is 52.5 Å². The molecule has 4 heteroatoms. The molecule has 3 atom stereocenters. The summed E-state index contributed by atoms with van der Waals surface area (Å²) >= 11 is 0. The molecule has 3 aliphatic rings. The molecule has 1 saturated heterocycles. The van der Waals surface area contributed by atoms with E-state index in [0.29, 0.717) is 23.3 Å². The van der Waals surface area contributed by atoms with Crippen LogP contribution in [-0.4, -0.2) is 44.8 Å². The number of hydrogen-bond donors (Lipinski definition) is 2. The van der Waals surface area contributed by atoms with Gasteiger partial charge in [0, 0.05) is 6.04 Å². The SMILES string of the molecule is CC1(C)[C@@H]2CC[C@@]1(C)[C@@H](NC(=O)CC[NH+]1CCOCC1)C2. The molecular weight excluding hydrogens is 264 g/mol. The van der Waals surface area contributed by atoms with Gasteiger partial charge < -0.3 is 15.0 Å². The highest BCUT2D eigenvalue weighted by Gasteiger charge is 2.61. The topological polar surface area (TPSA) is 42.8 Å².